The molecule has 0 radical (unpaired) electrons. The van der Waals surface area contributed by atoms with Gasteiger partial charge in [-0.1, -0.05) is 49.7 Å². The maximum atomic E-state index is 12.9. The standard InChI is InChI=1S/C25H26N4O3/c1-16(2)23(27-24(30)19-10-8-9-17(3)13-19)25(31)32-15-22-21(14-26)18(4)28-29(22)20-11-6-5-7-12-20/h5-13,16,23H,15H2,1-4H3,(H,27,30). The molecule has 164 valence electrons. The van der Waals surface area contributed by atoms with Gasteiger partial charge < -0.3 is 10.1 Å². The molecule has 1 amide bonds. The number of nitrogens with one attached hydrogen (secondary N) is 1. The summed E-state index contributed by atoms with van der Waals surface area (Å²) in [4.78, 5) is 25.6. The number of hydrogen-bond acceptors (Lipinski definition) is 5. The van der Waals surface area contributed by atoms with E-state index in [4.69, 9.17) is 4.74 Å². The third-order valence-corrected chi connectivity index (χ3v) is 5.11. The fraction of sp³-hybridized carbons (Fsp3) is 0.280. The summed E-state index contributed by atoms with van der Waals surface area (Å²) < 4.78 is 7.17. The van der Waals surface area contributed by atoms with Gasteiger partial charge in [-0.3, -0.25) is 4.79 Å². The van der Waals surface area contributed by atoms with E-state index in [1.165, 1.54) is 0 Å². The number of aromatic nitrogens is 2. The van der Waals surface area contributed by atoms with E-state index in [0.717, 1.165) is 11.3 Å². The Morgan fingerprint density at radius 2 is 1.84 bits per heavy atom. The second-order valence-electron chi connectivity index (χ2n) is 7.94. The van der Waals surface area contributed by atoms with Crippen LogP contribution in [0.2, 0.25) is 0 Å². The number of benzene rings is 2. The van der Waals surface area contributed by atoms with Crippen molar-refractivity contribution in [3.05, 3.63) is 82.7 Å². The number of para-hydroxylation sites is 1. The lowest BCUT2D eigenvalue weighted by molar-refractivity contribution is -0.148. The van der Waals surface area contributed by atoms with Gasteiger partial charge in [0, 0.05) is 5.56 Å². The van der Waals surface area contributed by atoms with E-state index in [-0.39, 0.29) is 18.4 Å². The van der Waals surface area contributed by atoms with Gasteiger partial charge in [-0.05, 0) is 44.0 Å². The van der Waals surface area contributed by atoms with E-state index in [2.05, 4.69) is 16.5 Å². The van der Waals surface area contributed by atoms with Crippen LogP contribution in [0.3, 0.4) is 0 Å². The third kappa shape index (κ3) is 5.03. The van der Waals surface area contributed by atoms with Gasteiger partial charge in [0.05, 0.1) is 17.1 Å². The molecule has 2 aromatic carbocycles. The van der Waals surface area contributed by atoms with Crippen molar-refractivity contribution < 1.29 is 14.3 Å². The monoisotopic (exact) mass is 430 g/mol. The Morgan fingerprint density at radius 1 is 1.12 bits per heavy atom. The molecule has 7 heteroatoms. The summed E-state index contributed by atoms with van der Waals surface area (Å²) in [6.07, 6.45) is 0. The fourth-order valence-electron chi connectivity index (χ4n) is 3.37. The van der Waals surface area contributed by atoms with Gasteiger partial charge in [-0.25, -0.2) is 9.48 Å². The SMILES string of the molecule is Cc1cccc(C(=O)NC(C(=O)OCc2c(C#N)c(C)nn2-c2ccccc2)C(C)C)c1. The molecule has 1 atom stereocenters. The van der Waals surface area contributed by atoms with E-state index < -0.39 is 12.0 Å². The summed E-state index contributed by atoms with van der Waals surface area (Å²) in [5, 5.41) is 16.8. The van der Waals surface area contributed by atoms with Gasteiger partial charge in [0.1, 0.15) is 24.3 Å². The number of carbonyl (C=O) groups is 2. The minimum Gasteiger partial charge on any atom is -0.458 e. The molecule has 1 aromatic heterocycles. The topological polar surface area (TPSA) is 97.0 Å². The molecular weight excluding hydrogens is 404 g/mol. The molecule has 0 saturated carbocycles. The molecule has 0 fully saturated rings. The number of rotatable bonds is 7. The second-order valence-corrected chi connectivity index (χ2v) is 7.94. The van der Waals surface area contributed by atoms with Crippen LogP contribution in [0.15, 0.2) is 54.6 Å². The normalized spacial score (nSPS) is 11.6. The van der Waals surface area contributed by atoms with Gasteiger partial charge >= 0.3 is 5.97 Å². The van der Waals surface area contributed by atoms with Crippen molar-refractivity contribution in [2.45, 2.75) is 40.3 Å². The number of aryl methyl sites for hydroxylation is 2. The van der Waals surface area contributed by atoms with Crippen LogP contribution >= 0.6 is 0 Å². The Morgan fingerprint density at radius 3 is 2.47 bits per heavy atom. The van der Waals surface area contributed by atoms with Crippen molar-refractivity contribution in [3.8, 4) is 11.8 Å². The molecule has 0 spiro atoms. The van der Waals surface area contributed by atoms with Crippen molar-refractivity contribution in [1.29, 1.82) is 5.26 Å². The number of hydrogen-bond donors (Lipinski definition) is 1. The van der Waals surface area contributed by atoms with Crippen molar-refractivity contribution in [3.63, 3.8) is 0 Å². The minimum absolute atomic E-state index is 0.138. The van der Waals surface area contributed by atoms with Crippen LogP contribution < -0.4 is 5.32 Å². The first-order chi connectivity index (χ1) is 15.3. The van der Waals surface area contributed by atoms with E-state index in [1.54, 1.807) is 29.8 Å². The predicted molar refractivity (Wildman–Crippen MR) is 120 cm³/mol. The zero-order chi connectivity index (χ0) is 23.3. The summed E-state index contributed by atoms with van der Waals surface area (Å²) in [6.45, 7) is 7.17. The zero-order valence-electron chi connectivity index (χ0n) is 18.6. The van der Waals surface area contributed by atoms with Crippen LogP contribution in [0.4, 0.5) is 0 Å². The fourth-order valence-corrected chi connectivity index (χ4v) is 3.37. The summed E-state index contributed by atoms with van der Waals surface area (Å²) in [5.74, 6) is -1.09. The Hall–Kier alpha value is -3.92. The maximum absolute atomic E-state index is 12.9. The van der Waals surface area contributed by atoms with Crippen molar-refractivity contribution in [1.82, 2.24) is 15.1 Å². The Kier molecular flexibility index (Phi) is 7.06. The molecule has 32 heavy (non-hydrogen) atoms. The lowest BCUT2D eigenvalue weighted by Crippen LogP contribution is -2.45. The Bertz CT molecular complexity index is 1160. The molecule has 3 rings (SSSR count). The highest BCUT2D eigenvalue weighted by molar-refractivity contribution is 5.97. The quantitative estimate of drug-likeness (QED) is 0.574. The summed E-state index contributed by atoms with van der Waals surface area (Å²) in [7, 11) is 0. The molecule has 0 saturated heterocycles. The van der Waals surface area contributed by atoms with E-state index in [1.807, 2.05) is 57.2 Å². The molecule has 3 aromatic rings. The lowest BCUT2D eigenvalue weighted by Gasteiger charge is -2.21. The first-order valence-corrected chi connectivity index (χ1v) is 10.4. The number of amides is 1. The molecule has 7 nitrogen and oxygen atoms in total. The van der Waals surface area contributed by atoms with Crippen LogP contribution in [0.1, 0.15) is 46.7 Å². The first kappa shape index (κ1) is 22.8. The number of esters is 1. The Balaban J connectivity index is 1.79. The van der Waals surface area contributed by atoms with Crippen LogP contribution in [0, 0.1) is 31.1 Å². The largest absolute Gasteiger partial charge is 0.458 e. The maximum Gasteiger partial charge on any atom is 0.329 e. The Labute approximate surface area is 187 Å². The summed E-state index contributed by atoms with van der Waals surface area (Å²) in [6, 6.07) is 17.8. The molecule has 1 unspecified atom stereocenters. The van der Waals surface area contributed by atoms with Gasteiger partial charge in [0.15, 0.2) is 0 Å². The van der Waals surface area contributed by atoms with Crippen molar-refractivity contribution in [2.75, 3.05) is 0 Å². The van der Waals surface area contributed by atoms with Gasteiger partial charge in [0.25, 0.3) is 5.91 Å². The summed E-state index contributed by atoms with van der Waals surface area (Å²) in [5.41, 5.74) is 3.60. The smallest absolute Gasteiger partial charge is 0.329 e. The third-order valence-electron chi connectivity index (χ3n) is 5.11. The average Bonchev–Trinajstić information content (AvgIpc) is 3.11. The van der Waals surface area contributed by atoms with Crippen LogP contribution in [0.25, 0.3) is 5.69 Å². The molecule has 0 aliphatic carbocycles. The van der Waals surface area contributed by atoms with Crippen molar-refractivity contribution >= 4 is 11.9 Å². The number of nitrogens with zero attached hydrogens (tertiary/aromatic N) is 3. The average molecular weight is 431 g/mol. The highest BCUT2D eigenvalue weighted by Gasteiger charge is 2.27. The molecule has 0 aliphatic rings. The van der Waals surface area contributed by atoms with Crippen molar-refractivity contribution in [2.24, 2.45) is 5.92 Å². The van der Waals surface area contributed by atoms with E-state index >= 15 is 0 Å². The molecular formula is C25H26N4O3. The van der Waals surface area contributed by atoms with Crippen LogP contribution in [-0.2, 0) is 16.1 Å². The molecule has 0 aliphatic heterocycles. The summed E-state index contributed by atoms with van der Waals surface area (Å²) >= 11 is 0. The number of nitriles is 1. The van der Waals surface area contributed by atoms with Gasteiger partial charge in [-0.15, -0.1) is 0 Å². The van der Waals surface area contributed by atoms with E-state index in [0.29, 0.717) is 22.5 Å². The second kappa shape index (κ2) is 9.92. The van der Waals surface area contributed by atoms with Crippen LogP contribution in [0.5, 0.6) is 0 Å². The first-order valence-electron chi connectivity index (χ1n) is 10.4. The molecule has 1 heterocycles. The highest BCUT2D eigenvalue weighted by Crippen LogP contribution is 2.19. The molecule has 0 bridgehead atoms. The zero-order valence-corrected chi connectivity index (χ0v) is 18.6. The van der Waals surface area contributed by atoms with E-state index in [9.17, 15) is 14.9 Å². The van der Waals surface area contributed by atoms with Crippen LogP contribution in [-0.4, -0.2) is 27.7 Å². The highest BCUT2D eigenvalue weighted by atomic mass is 16.5. The number of carbonyl (C=O) groups excluding carboxylic acids is 2. The van der Waals surface area contributed by atoms with Gasteiger partial charge in [-0.2, -0.15) is 10.4 Å². The number of ether oxygens (including phenoxy) is 1. The predicted octanol–water partition coefficient (Wildman–Crippen LogP) is 3.86. The van der Waals surface area contributed by atoms with Gasteiger partial charge in [0.2, 0.25) is 0 Å². The lowest BCUT2D eigenvalue weighted by atomic mass is 10.0. The molecule has 1 N–H and O–H groups in total. The minimum atomic E-state index is -0.831.